The molecule has 2 atom stereocenters. The van der Waals surface area contributed by atoms with Crippen molar-refractivity contribution < 1.29 is 4.39 Å². The lowest BCUT2D eigenvalue weighted by Gasteiger charge is -2.26. The second kappa shape index (κ2) is 9.49. The Bertz CT molecular complexity index is 1320. The van der Waals surface area contributed by atoms with Crippen molar-refractivity contribution in [3.63, 3.8) is 0 Å². The summed E-state index contributed by atoms with van der Waals surface area (Å²) in [5.41, 5.74) is 10.3. The van der Waals surface area contributed by atoms with Crippen LogP contribution < -0.4 is 11.1 Å². The van der Waals surface area contributed by atoms with E-state index in [1.54, 1.807) is 16.9 Å². The Morgan fingerprint density at radius 3 is 2.82 bits per heavy atom. The minimum atomic E-state index is -0.550. The Labute approximate surface area is 197 Å². The summed E-state index contributed by atoms with van der Waals surface area (Å²) in [7, 11) is 0. The number of nitriles is 1. The highest BCUT2D eigenvalue weighted by Crippen LogP contribution is 2.30. The van der Waals surface area contributed by atoms with Gasteiger partial charge in [-0.1, -0.05) is 24.6 Å². The van der Waals surface area contributed by atoms with Gasteiger partial charge in [0.1, 0.15) is 17.7 Å². The molecule has 2 aromatic heterocycles. The molecule has 0 aliphatic heterocycles. The summed E-state index contributed by atoms with van der Waals surface area (Å²) in [4.78, 5) is 0. The molecular weight excluding hydrogens is 429 g/mol. The van der Waals surface area contributed by atoms with Gasteiger partial charge in [0.25, 0.3) is 0 Å². The van der Waals surface area contributed by atoms with Gasteiger partial charge in [-0.05, 0) is 55.0 Å². The third-order valence-corrected chi connectivity index (χ3v) is 6.41. The van der Waals surface area contributed by atoms with E-state index in [2.05, 4.69) is 15.5 Å². The molecular formula is C26H26FN7. The molecule has 0 amide bonds. The zero-order chi connectivity index (χ0) is 23.5. The molecule has 1 fully saturated rings. The van der Waals surface area contributed by atoms with Crippen molar-refractivity contribution >= 4 is 5.82 Å². The zero-order valence-corrected chi connectivity index (χ0v) is 18.7. The van der Waals surface area contributed by atoms with Gasteiger partial charge in [-0.3, -0.25) is 5.10 Å². The van der Waals surface area contributed by atoms with E-state index in [1.807, 2.05) is 42.6 Å². The molecule has 0 radical (unpaired) electrons. The van der Waals surface area contributed by atoms with E-state index in [0.717, 1.165) is 54.7 Å². The molecule has 0 saturated heterocycles. The fourth-order valence-electron chi connectivity index (χ4n) is 4.63. The summed E-state index contributed by atoms with van der Waals surface area (Å²) in [5.74, 6) is 0.673. The molecule has 1 saturated carbocycles. The average molecular weight is 456 g/mol. The van der Waals surface area contributed by atoms with Gasteiger partial charge in [0.2, 0.25) is 0 Å². The number of rotatable bonds is 6. The Balaban J connectivity index is 1.51. The maximum Gasteiger partial charge on any atom is 0.149 e. The first-order chi connectivity index (χ1) is 16.6. The van der Waals surface area contributed by atoms with E-state index in [9.17, 15) is 4.39 Å². The van der Waals surface area contributed by atoms with Crippen LogP contribution in [0, 0.1) is 23.1 Å². The second-order valence-electron chi connectivity index (χ2n) is 8.84. The van der Waals surface area contributed by atoms with Crippen molar-refractivity contribution in [2.45, 2.75) is 31.7 Å². The summed E-state index contributed by atoms with van der Waals surface area (Å²) < 4.78 is 16.3. The van der Waals surface area contributed by atoms with Gasteiger partial charge in [0.15, 0.2) is 0 Å². The van der Waals surface area contributed by atoms with Gasteiger partial charge in [-0.2, -0.15) is 10.4 Å². The van der Waals surface area contributed by atoms with Gasteiger partial charge < -0.3 is 11.1 Å². The molecule has 0 unspecified atom stereocenters. The van der Waals surface area contributed by atoms with Crippen LogP contribution in [0.5, 0.6) is 0 Å². The number of halogens is 1. The molecule has 34 heavy (non-hydrogen) atoms. The molecule has 1 aliphatic rings. The van der Waals surface area contributed by atoms with Crippen molar-refractivity contribution in [1.29, 1.82) is 5.26 Å². The Morgan fingerprint density at radius 1 is 1.15 bits per heavy atom. The van der Waals surface area contributed by atoms with E-state index in [0.29, 0.717) is 17.3 Å². The van der Waals surface area contributed by atoms with Crippen LogP contribution in [0.2, 0.25) is 0 Å². The number of H-pyrrole nitrogens is 1. The highest BCUT2D eigenvalue weighted by molar-refractivity contribution is 5.69. The Kier molecular flexibility index (Phi) is 6.11. The van der Waals surface area contributed by atoms with E-state index in [1.165, 1.54) is 12.1 Å². The quantitative estimate of drug-likeness (QED) is 0.384. The van der Waals surface area contributed by atoms with E-state index >= 15 is 0 Å². The highest BCUT2D eigenvalue weighted by atomic mass is 19.1. The molecule has 1 aliphatic carbocycles. The lowest BCUT2D eigenvalue weighted by atomic mass is 9.86. The maximum atomic E-state index is 14.5. The molecule has 2 aromatic carbocycles. The monoisotopic (exact) mass is 455 g/mol. The number of hydrogen-bond donors (Lipinski definition) is 3. The Hall–Kier alpha value is -3.96. The maximum absolute atomic E-state index is 14.5. The van der Waals surface area contributed by atoms with Crippen LogP contribution in [-0.2, 0) is 0 Å². The first kappa shape index (κ1) is 21.9. The smallest absolute Gasteiger partial charge is 0.149 e. The van der Waals surface area contributed by atoms with E-state index in [-0.39, 0.29) is 11.6 Å². The van der Waals surface area contributed by atoms with Crippen LogP contribution in [0.1, 0.15) is 31.2 Å². The molecule has 8 heteroatoms. The van der Waals surface area contributed by atoms with Crippen LogP contribution >= 0.6 is 0 Å². The molecule has 5 rings (SSSR count). The van der Waals surface area contributed by atoms with Gasteiger partial charge in [0.05, 0.1) is 23.1 Å². The molecule has 0 bridgehead atoms. The van der Waals surface area contributed by atoms with E-state index in [4.69, 9.17) is 16.1 Å². The second-order valence-corrected chi connectivity index (χ2v) is 8.84. The summed E-state index contributed by atoms with van der Waals surface area (Å²) in [5, 5.41) is 24.3. The first-order valence-electron chi connectivity index (χ1n) is 11.5. The first-order valence-corrected chi connectivity index (χ1v) is 11.5. The number of hydrogen-bond acceptors (Lipinski definition) is 5. The third-order valence-electron chi connectivity index (χ3n) is 6.41. The van der Waals surface area contributed by atoms with Gasteiger partial charge in [0, 0.05) is 36.0 Å². The third kappa shape index (κ3) is 4.56. The van der Waals surface area contributed by atoms with Crippen LogP contribution in [-0.4, -0.2) is 32.6 Å². The normalized spacial score (nSPS) is 17.9. The van der Waals surface area contributed by atoms with Crippen molar-refractivity contribution in [2.75, 3.05) is 11.9 Å². The summed E-state index contributed by atoms with van der Waals surface area (Å²) >= 11 is 0. The number of nitrogens with one attached hydrogen (secondary N) is 2. The van der Waals surface area contributed by atoms with Crippen LogP contribution in [0.25, 0.3) is 28.1 Å². The van der Waals surface area contributed by atoms with E-state index < -0.39 is 5.82 Å². The average Bonchev–Trinajstić information content (AvgIpc) is 3.54. The van der Waals surface area contributed by atoms with Crippen molar-refractivity contribution in [2.24, 2.45) is 11.7 Å². The van der Waals surface area contributed by atoms with Crippen molar-refractivity contribution in [1.82, 2.24) is 20.0 Å². The van der Waals surface area contributed by atoms with Crippen LogP contribution in [0.3, 0.4) is 0 Å². The van der Waals surface area contributed by atoms with Crippen LogP contribution in [0.15, 0.2) is 60.9 Å². The topological polar surface area (TPSA) is 108 Å². The largest absolute Gasteiger partial charge is 0.368 e. The molecule has 172 valence electrons. The van der Waals surface area contributed by atoms with Crippen molar-refractivity contribution in [3.8, 4) is 34.1 Å². The Morgan fingerprint density at radius 2 is 2.06 bits per heavy atom. The molecule has 4 N–H and O–H groups in total. The fourth-order valence-corrected chi connectivity index (χ4v) is 4.63. The molecule has 4 aromatic rings. The number of aromatic amines is 1. The van der Waals surface area contributed by atoms with Gasteiger partial charge >= 0.3 is 0 Å². The molecule has 2 heterocycles. The number of anilines is 1. The highest BCUT2D eigenvalue weighted by Gasteiger charge is 2.20. The molecule has 7 nitrogen and oxygen atoms in total. The predicted octanol–water partition coefficient (Wildman–Crippen LogP) is 4.87. The minimum Gasteiger partial charge on any atom is -0.368 e. The lowest BCUT2D eigenvalue weighted by molar-refractivity contribution is 0.335. The standard InChI is InChI=1S/C26H26FN7/c27-24-11-19(7-8-20(24)13-28)25-12-26(30-14-17-3-1-5-22(29)9-17)33-34(25)23-6-2-4-18(10-23)21-15-31-32-16-21/h2,4,6-8,10-12,15-17,22H,1,3,5,9,14,29H2,(H,30,33)(H,31,32)/t17-,22-/m0/s1. The van der Waals surface area contributed by atoms with Gasteiger partial charge in [-0.15, -0.1) is 5.10 Å². The minimum absolute atomic E-state index is 0.0174. The van der Waals surface area contributed by atoms with Crippen molar-refractivity contribution in [3.05, 3.63) is 72.3 Å². The number of nitrogens with two attached hydrogens (primary N) is 1. The summed E-state index contributed by atoms with van der Waals surface area (Å²) in [6.07, 6.45) is 8.00. The fraction of sp³-hybridized carbons (Fsp3) is 0.269. The molecule has 0 spiro atoms. The SMILES string of the molecule is N#Cc1ccc(-c2cc(NC[C@H]3CCC[C@H](N)C3)nn2-c2cccc(-c3cn[nH]c3)c2)cc1F. The van der Waals surface area contributed by atoms with Crippen LogP contribution in [0.4, 0.5) is 10.2 Å². The lowest BCUT2D eigenvalue weighted by Crippen LogP contribution is -2.31. The summed E-state index contributed by atoms with van der Waals surface area (Å²) in [6, 6.07) is 16.6. The number of benzene rings is 2. The predicted molar refractivity (Wildman–Crippen MR) is 130 cm³/mol. The van der Waals surface area contributed by atoms with Gasteiger partial charge in [-0.25, -0.2) is 9.07 Å². The summed E-state index contributed by atoms with van der Waals surface area (Å²) in [6.45, 7) is 0.793. The number of aromatic nitrogens is 4. The number of nitrogens with zero attached hydrogens (tertiary/aromatic N) is 4. The zero-order valence-electron chi connectivity index (χ0n) is 18.7.